The van der Waals surface area contributed by atoms with Gasteiger partial charge in [-0.1, -0.05) is 18.2 Å². The number of rotatable bonds is 2. The van der Waals surface area contributed by atoms with Crippen molar-refractivity contribution < 1.29 is 4.79 Å². The van der Waals surface area contributed by atoms with E-state index in [0.717, 1.165) is 22.2 Å². The number of aromatic nitrogens is 1. The molecular weight excluding hydrogens is 262 g/mol. The average molecular weight is 281 g/mol. The van der Waals surface area contributed by atoms with Gasteiger partial charge in [0.1, 0.15) is 0 Å². The maximum Gasteiger partial charge on any atom is 0.254 e. The van der Waals surface area contributed by atoms with Crippen LogP contribution in [-0.2, 0) is 0 Å². The van der Waals surface area contributed by atoms with Crippen molar-refractivity contribution in [3.05, 3.63) is 41.6 Å². The number of likely N-dealkylation sites (tertiary alicyclic amines) is 1. The highest BCUT2D eigenvalue weighted by Crippen LogP contribution is 2.43. The standard InChI is InChI=1S/C17H19N3O/c1-11-8-14(13-4-2-3-5-15(13)19-11)16(21)20-9-17(18,10-20)12-6-7-12/h2-5,8,12H,6-7,9-10,18H2,1H3. The minimum absolute atomic E-state index is 0.0819. The largest absolute Gasteiger partial charge is 0.335 e. The maximum absolute atomic E-state index is 12.8. The molecule has 2 fully saturated rings. The van der Waals surface area contributed by atoms with Gasteiger partial charge in [-0.15, -0.1) is 0 Å². The molecule has 2 N–H and O–H groups in total. The van der Waals surface area contributed by atoms with Crippen LogP contribution in [0.5, 0.6) is 0 Å². The molecule has 108 valence electrons. The zero-order valence-electron chi connectivity index (χ0n) is 12.2. The lowest BCUT2D eigenvalue weighted by atomic mass is 9.85. The van der Waals surface area contributed by atoms with Crippen molar-refractivity contribution in [2.45, 2.75) is 25.3 Å². The molecule has 4 nitrogen and oxygen atoms in total. The van der Waals surface area contributed by atoms with Gasteiger partial charge in [0.2, 0.25) is 0 Å². The molecule has 0 unspecified atom stereocenters. The quantitative estimate of drug-likeness (QED) is 0.917. The number of pyridine rings is 1. The third-order valence-corrected chi connectivity index (χ3v) is 4.72. The van der Waals surface area contributed by atoms with Gasteiger partial charge in [-0.05, 0) is 37.8 Å². The van der Waals surface area contributed by atoms with Crippen LogP contribution in [0, 0.1) is 12.8 Å². The Morgan fingerprint density at radius 3 is 2.76 bits per heavy atom. The summed E-state index contributed by atoms with van der Waals surface area (Å²) >= 11 is 0. The van der Waals surface area contributed by atoms with Crippen LogP contribution < -0.4 is 5.73 Å². The molecule has 1 amide bonds. The van der Waals surface area contributed by atoms with E-state index in [1.54, 1.807) is 0 Å². The highest BCUT2D eigenvalue weighted by Gasteiger charge is 2.51. The van der Waals surface area contributed by atoms with Crippen molar-refractivity contribution in [3.8, 4) is 0 Å². The second-order valence-corrected chi connectivity index (χ2v) is 6.50. The molecule has 0 bridgehead atoms. The molecule has 1 saturated carbocycles. The lowest BCUT2D eigenvalue weighted by molar-refractivity contribution is 0.0352. The average Bonchev–Trinajstić information content (AvgIpc) is 3.27. The van der Waals surface area contributed by atoms with Crippen molar-refractivity contribution in [2.24, 2.45) is 11.7 Å². The molecule has 1 aromatic heterocycles. The van der Waals surface area contributed by atoms with Crippen LogP contribution >= 0.6 is 0 Å². The van der Waals surface area contributed by atoms with Gasteiger partial charge in [-0.25, -0.2) is 0 Å². The van der Waals surface area contributed by atoms with E-state index in [4.69, 9.17) is 5.73 Å². The molecule has 1 aliphatic heterocycles. The van der Waals surface area contributed by atoms with E-state index in [1.807, 2.05) is 42.2 Å². The van der Waals surface area contributed by atoms with Crippen molar-refractivity contribution in [1.29, 1.82) is 0 Å². The minimum atomic E-state index is -0.131. The Labute approximate surface area is 124 Å². The number of benzene rings is 1. The Hall–Kier alpha value is -1.94. The molecule has 0 radical (unpaired) electrons. The number of carbonyl (C=O) groups is 1. The van der Waals surface area contributed by atoms with Gasteiger partial charge in [-0.2, -0.15) is 0 Å². The fraction of sp³-hybridized carbons (Fsp3) is 0.412. The van der Waals surface area contributed by atoms with Crippen LogP contribution in [0.2, 0.25) is 0 Å². The first kappa shape index (κ1) is 12.8. The van der Waals surface area contributed by atoms with E-state index < -0.39 is 0 Å². The van der Waals surface area contributed by atoms with Crippen molar-refractivity contribution in [2.75, 3.05) is 13.1 Å². The second-order valence-electron chi connectivity index (χ2n) is 6.50. The van der Waals surface area contributed by atoms with E-state index in [9.17, 15) is 4.79 Å². The molecule has 21 heavy (non-hydrogen) atoms. The number of carbonyl (C=O) groups excluding carboxylic acids is 1. The molecule has 0 spiro atoms. The Kier molecular flexibility index (Phi) is 2.60. The Balaban J connectivity index is 1.66. The first-order valence-corrected chi connectivity index (χ1v) is 7.51. The maximum atomic E-state index is 12.8. The van der Waals surface area contributed by atoms with Gasteiger partial charge in [0.25, 0.3) is 5.91 Å². The van der Waals surface area contributed by atoms with Crippen LogP contribution in [0.25, 0.3) is 10.9 Å². The number of hydrogen-bond donors (Lipinski definition) is 1. The van der Waals surface area contributed by atoms with Crippen molar-refractivity contribution >= 4 is 16.8 Å². The van der Waals surface area contributed by atoms with E-state index in [2.05, 4.69) is 4.98 Å². The summed E-state index contributed by atoms with van der Waals surface area (Å²) in [5.41, 5.74) is 8.72. The number of fused-ring (bicyclic) bond motifs is 1. The molecular formula is C17H19N3O. The third kappa shape index (κ3) is 2.02. The van der Waals surface area contributed by atoms with E-state index >= 15 is 0 Å². The number of nitrogens with two attached hydrogens (primary N) is 1. The Morgan fingerprint density at radius 1 is 1.33 bits per heavy atom. The topological polar surface area (TPSA) is 59.2 Å². The number of para-hydroxylation sites is 1. The molecule has 1 aliphatic carbocycles. The number of aryl methyl sites for hydroxylation is 1. The summed E-state index contributed by atoms with van der Waals surface area (Å²) in [5, 5.41) is 0.925. The van der Waals surface area contributed by atoms with Gasteiger partial charge in [0.15, 0.2) is 0 Å². The summed E-state index contributed by atoms with van der Waals surface area (Å²) in [4.78, 5) is 19.1. The van der Waals surface area contributed by atoms with Gasteiger partial charge in [0, 0.05) is 24.2 Å². The summed E-state index contributed by atoms with van der Waals surface area (Å²) in [6.07, 6.45) is 2.44. The summed E-state index contributed by atoms with van der Waals surface area (Å²) in [7, 11) is 0. The van der Waals surface area contributed by atoms with Gasteiger partial charge in [0.05, 0.1) is 16.6 Å². The number of hydrogen-bond acceptors (Lipinski definition) is 3. The van der Waals surface area contributed by atoms with E-state index in [1.165, 1.54) is 12.8 Å². The van der Waals surface area contributed by atoms with Crippen LogP contribution in [0.1, 0.15) is 28.9 Å². The molecule has 2 aliphatic rings. The molecule has 4 rings (SSSR count). The minimum Gasteiger partial charge on any atom is -0.335 e. The van der Waals surface area contributed by atoms with Crippen molar-refractivity contribution in [3.63, 3.8) is 0 Å². The fourth-order valence-electron chi connectivity index (χ4n) is 3.38. The number of nitrogens with zero attached hydrogens (tertiary/aromatic N) is 2. The molecule has 1 saturated heterocycles. The highest BCUT2D eigenvalue weighted by atomic mass is 16.2. The zero-order chi connectivity index (χ0) is 14.6. The monoisotopic (exact) mass is 281 g/mol. The first-order chi connectivity index (χ1) is 10.1. The Morgan fingerprint density at radius 2 is 2.05 bits per heavy atom. The predicted octanol–water partition coefficient (Wildman–Crippen LogP) is 2.11. The van der Waals surface area contributed by atoms with Crippen LogP contribution in [0.15, 0.2) is 30.3 Å². The summed E-state index contributed by atoms with van der Waals surface area (Å²) in [6, 6.07) is 9.70. The lowest BCUT2D eigenvalue weighted by Gasteiger charge is -2.48. The zero-order valence-corrected chi connectivity index (χ0v) is 12.2. The van der Waals surface area contributed by atoms with E-state index in [-0.39, 0.29) is 11.4 Å². The van der Waals surface area contributed by atoms with Crippen LogP contribution in [-0.4, -0.2) is 34.4 Å². The van der Waals surface area contributed by atoms with E-state index in [0.29, 0.717) is 19.0 Å². The highest BCUT2D eigenvalue weighted by molar-refractivity contribution is 6.06. The molecule has 0 atom stereocenters. The fourth-order valence-corrected chi connectivity index (χ4v) is 3.38. The first-order valence-electron chi connectivity index (χ1n) is 7.51. The smallest absolute Gasteiger partial charge is 0.254 e. The Bertz CT molecular complexity index is 730. The summed E-state index contributed by atoms with van der Waals surface area (Å²) in [5.74, 6) is 0.705. The van der Waals surface area contributed by atoms with Gasteiger partial charge < -0.3 is 10.6 Å². The third-order valence-electron chi connectivity index (χ3n) is 4.72. The normalized spacial score (nSPS) is 20.4. The van der Waals surface area contributed by atoms with Gasteiger partial charge in [-0.3, -0.25) is 9.78 Å². The molecule has 1 aromatic carbocycles. The lowest BCUT2D eigenvalue weighted by Crippen LogP contribution is -2.69. The second kappa shape index (κ2) is 4.28. The van der Waals surface area contributed by atoms with Crippen LogP contribution in [0.4, 0.5) is 0 Å². The van der Waals surface area contributed by atoms with Crippen molar-refractivity contribution in [1.82, 2.24) is 9.88 Å². The van der Waals surface area contributed by atoms with Crippen LogP contribution in [0.3, 0.4) is 0 Å². The SMILES string of the molecule is Cc1cc(C(=O)N2CC(N)(C3CC3)C2)c2ccccc2n1. The molecule has 4 heteroatoms. The molecule has 2 aromatic rings. The molecule has 2 heterocycles. The summed E-state index contributed by atoms with van der Waals surface area (Å²) < 4.78 is 0. The predicted molar refractivity (Wildman–Crippen MR) is 82.0 cm³/mol. The number of amides is 1. The van der Waals surface area contributed by atoms with Gasteiger partial charge >= 0.3 is 0 Å². The summed E-state index contributed by atoms with van der Waals surface area (Å²) in [6.45, 7) is 3.30.